The summed E-state index contributed by atoms with van der Waals surface area (Å²) in [5.41, 5.74) is 5.52. The largest absolute Gasteiger partial charge is 0.378 e. The molecule has 2 heterocycles. The topological polar surface area (TPSA) is 85.3 Å². The monoisotopic (exact) mass is 250 g/mol. The van der Waals surface area contributed by atoms with Gasteiger partial charge in [-0.25, -0.2) is 4.98 Å². The molecule has 0 spiro atoms. The second kappa shape index (κ2) is 4.80. The fourth-order valence-corrected chi connectivity index (χ4v) is 2.64. The minimum Gasteiger partial charge on any atom is -0.378 e. The lowest BCUT2D eigenvalue weighted by atomic mass is 10.1. The van der Waals surface area contributed by atoms with Crippen molar-refractivity contribution in [2.75, 3.05) is 10.6 Å². The Morgan fingerprint density at radius 3 is 2.83 bits per heavy atom. The number of hydrogen-bond donors (Lipinski definition) is 1. The molecular weight excluding hydrogens is 232 g/mol. The molecule has 0 bridgehead atoms. The molecule has 2 atom stereocenters. The number of nitrogen functional groups attached to an aromatic ring is 1. The Balaban J connectivity index is 2.33. The molecule has 98 valence electrons. The first-order valence-corrected chi connectivity index (χ1v) is 6.23. The Labute approximate surface area is 106 Å². The molecule has 0 amide bonds. The molecule has 1 aromatic heterocycles. The zero-order valence-corrected chi connectivity index (χ0v) is 10.7. The number of rotatable bonds is 3. The van der Waals surface area contributed by atoms with Gasteiger partial charge in [0, 0.05) is 18.2 Å². The zero-order valence-electron chi connectivity index (χ0n) is 10.7. The maximum atomic E-state index is 10.7. The summed E-state index contributed by atoms with van der Waals surface area (Å²) in [6, 6.07) is 3.99. The molecule has 0 aromatic carbocycles. The number of pyridine rings is 1. The van der Waals surface area contributed by atoms with Crippen LogP contribution in [0.5, 0.6) is 0 Å². The molecule has 6 nitrogen and oxygen atoms in total. The van der Waals surface area contributed by atoms with E-state index < -0.39 is 4.92 Å². The third-order valence-corrected chi connectivity index (χ3v) is 3.61. The van der Waals surface area contributed by atoms with Crippen LogP contribution in [-0.4, -0.2) is 22.0 Å². The van der Waals surface area contributed by atoms with Gasteiger partial charge in [0.05, 0.1) is 4.92 Å². The highest BCUT2D eigenvalue weighted by molar-refractivity contribution is 5.58. The van der Waals surface area contributed by atoms with Gasteiger partial charge in [-0.1, -0.05) is 6.92 Å². The lowest BCUT2D eigenvalue weighted by Gasteiger charge is -2.29. The Kier molecular flexibility index (Phi) is 3.36. The number of anilines is 2. The van der Waals surface area contributed by atoms with Crippen LogP contribution < -0.4 is 10.6 Å². The molecule has 1 aliphatic heterocycles. The summed E-state index contributed by atoms with van der Waals surface area (Å²) in [5.74, 6) is 0.737. The van der Waals surface area contributed by atoms with Crippen LogP contribution in [0.3, 0.4) is 0 Å². The third kappa shape index (κ3) is 2.10. The molecule has 2 unspecified atom stereocenters. The van der Waals surface area contributed by atoms with E-state index >= 15 is 0 Å². The minimum absolute atomic E-state index is 0.00791. The van der Waals surface area contributed by atoms with Gasteiger partial charge in [0.15, 0.2) is 0 Å². The average molecular weight is 250 g/mol. The van der Waals surface area contributed by atoms with Gasteiger partial charge >= 0.3 is 5.69 Å². The van der Waals surface area contributed by atoms with Crippen LogP contribution in [0.1, 0.15) is 33.1 Å². The highest BCUT2D eigenvalue weighted by atomic mass is 16.6. The van der Waals surface area contributed by atoms with Crippen molar-refractivity contribution >= 4 is 17.3 Å². The lowest BCUT2D eigenvalue weighted by Crippen LogP contribution is -2.34. The molecule has 2 rings (SSSR count). The summed E-state index contributed by atoms with van der Waals surface area (Å²) < 4.78 is 0. The van der Waals surface area contributed by atoms with E-state index in [-0.39, 0.29) is 11.5 Å². The minimum atomic E-state index is -0.503. The molecule has 1 fully saturated rings. The van der Waals surface area contributed by atoms with Crippen LogP contribution in [0, 0.1) is 10.1 Å². The quantitative estimate of drug-likeness (QED) is 0.657. The summed E-state index contributed by atoms with van der Waals surface area (Å²) in [6.45, 7) is 4.29. The van der Waals surface area contributed by atoms with Gasteiger partial charge in [-0.2, -0.15) is 0 Å². The summed E-state index contributed by atoms with van der Waals surface area (Å²) in [7, 11) is 0. The van der Waals surface area contributed by atoms with E-state index in [2.05, 4.69) is 23.7 Å². The van der Waals surface area contributed by atoms with Gasteiger partial charge < -0.3 is 10.6 Å². The van der Waals surface area contributed by atoms with Gasteiger partial charge in [-0.3, -0.25) is 10.1 Å². The molecule has 0 saturated carbocycles. The first kappa shape index (κ1) is 12.6. The smallest absolute Gasteiger partial charge is 0.311 e. The van der Waals surface area contributed by atoms with Crippen molar-refractivity contribution in [1.82, 2.24) is 4.98 Å². The first-order chi connectivity index (χ1) is 8.54. The SMILES string of the molecule is CCC1CCC(C)N1c1ccc([N+](=O)[O-])c(N)n1. The molecular formula is C12H18N4O2. The van der Waals surface area contributed by atoms with Crippen LogP contribution >= 0.6 is 0 Å². The molecule has 1 aliphatic rings. The van der Waals surface area contributed by atoms with Crippen LogP contribution in [0.25, 0.3) is 0 Å². The van der Waals surface area contributed by atoms with Crippen LogP contribution in [0.2, 0.25) is 0 Å². The zero-order chi connectivity index (χ0) is 13.3. The fraction of sp³-hybridized carbons (Fsp3) is 0.583. The van der Waals surface area contributed by atoms with Gasteiger partial charge in [0.2, 0.25) is 5.82 Å². The molecule has 0 radical (unpaired) electrons. The molecule has 1 saturated heterocycles. The number of nitro groups is 1. The van der Waals surface area contributed by atoms with Gasteiger partial charge in [-0.05, 0) is 32.3 Å². The van der Waals surface area contributed by atoms with Crippen LogP contribution in [0.15, 0.2) is 12.1 Å². The van der Waals surface area contributed by atoms with E-state index in [1.165, 1.54) is 6.07 Å². The average Bonchev–Trinajstić information content (AvgIpc) is 2.69. The van der Waals surface area contributed by atoms with Crippen molar-refractivity contribution in [3.8, 4) is 0 Å². The number of nitrogens with zero attached hydrogens (tertiary/aromatic N) is 3. The van der Waals surface area contributed by atoms with E-state index in [1.807, 2.05) is 0 Å². The summed E-state index contributed by atoms with van der Waals surface area (Å²) in [4.78, 5) is 16.6. The van der Waals surface area contributed by atoms with Crippen molar-refractivity contribution in [2.24, 2.45) is 0 Å². The summed E-state index contributed by atoms with van der Waals surface area (Å²) in [5, 5.41) is 10.7. The van der Waals surface area contributed by atoms with E-state index in [0.29, 0.717) is 12.1 Å². The second-order valence-corrected chi connectivity index (χ2v) is 4.73. The Morgan fingerprint density at radius 1 is 1.56 bits per heavy atom. The van der Waals surface area contributed by atoms with Crippen molar-refractivity contribution in [2.45, 2.75) is 45.2 Å². The van der Waals surface area contributed by atoms with E-state index in [9.17, 15) is 10.1 Å². The van der Waals surface area contributed by atoms with E-state index in [1.54, 1.807) is 6.07 Å². The standard InChI is InChI=1S/C12H18N4O2/c1-3-9-5-4-8(2)15(9)11-7-6-10(16(17)18)12(13)14-11/h6-9H,3-5H2,1-2H3,(H2,13,14). The predicted molar refractivity (Wildman–Crippen MR) is 70.6 cm³/mol. The number of aromatic nitrogens is 1. The van der Waals surface area contributed by atoms with Crippen LogP contribution in [-0.2, 0) is 0 Å². The van der Waals surface area contributed by atoms with Crippen molar-refractivity contribution in [3.05, 3.63) is 22.2 Å². The molecule has 18 heavy (non-hydrogen) atoms. The summed E-state index contributed by atoms with van der Waals surface area (Å²) >= 11 is 0. The third-order valence-electron chi connectivity index (χ3n) is 3.61. The van der Waals surface area contributed by atoms with Gasteiger partial charge in [-0.15, -0.1) is 0 Å². The maximum absolute atomic E-state index is 10.7. The van der Waals surface area contributed by atoms with E-state index in [0.717, 1.165) is 25.1 Å². The first-order valence-electron chi connectivity index (χ1n) is 6.23. The molecule has 2 N–H and O–H groups in total. The van der Waals surface area contributed by atoms with Crippen molar-refractivity contribution in [1.29, 1.82) is 0 Å². The highest BCUT2D eigenvalue weighted by Crippen LogP contribution is 2.32. The van der Waals surface area contributed by atoms with Gasteiger partial charge in [0.25, 0.3) is 0 Å². The predicted octanol–water partition coefficient (Wildman–Crippen LogP) is 2.34. The van der Waals surface area contributed by atoms with Crippen molar-refractivity contribution in [3.63, 3.8) is 0 Å². The Morgan fingerprint density at radius 2 is 2.28 bits per heavy atom. The van der Waals surface area contributed by atoms with Crippen LogP contribution in [0.4, 0.5) is 17.3 Å². The Bertz CT molecular complexity index is 463. The lowest BCUT2D eigenvalue weighted by molar-refractivity contribution is -0.384. The molecule has 0 aliphatic carbocycles. The van der Waals surface area contributed by atoms with Crippen molar-refractivity contribution < 1.29 is 4.92 Å². The molecule has 1 aromatic rings. The maximum Gasteiger partial charge on any atom is 0.311 e. The number of nitrogens with two attached hydrogens (primary N) is 1. The second-order valence-electron chi connectivity index (χ2n) is 4.73. The number of hydrogen-bond acceptors (Lipinski definition) is 5. The Hall–Kier alpha value is -1.85. The summed E-state index contributed by atoms with van der Waals surface area (Å²) in [6.07, 6.45) is 3.30. The fourth-order valence-electron chi connectivity index (χ4n) is 2.64. The normalized spacial score (nSPS) is 23.3. The molecule has 6 heteroatoms. The highest BCUT2D eigenvalue weighted by Gasteiger charge is 2.31. The van der Waals surface area contributed by atoms with E-state index in [4.69, 9.17) is 5.73 Å². The van der Waals surface area contributed by atoms with Gasteiger partial charge in [0.1, 0.15) is 5.82 Å².